The van der Waals surface area contributed by atoms with Crippen LogP contribution in [-0.4, -0.2) is 22.9 Å². The molecule has 6 nitrogen and oxygen atoms in total. The number of carbonyl (C=O) groups is 3. The number of rotatable bonds is 7. The molecule has 0 aliphatic carbocycles. The van der Waals surface area contributed by atoms with Crippen molar-refractivity contribution in [3.05, 3.63) is 94.5 Å². The zero-order valence-corrected chi connectivity index (χ0v) is 17.4. The maximum absolute atomic E-state index is 13.1. The summed E-state index contributed by atoms with van der Waals surface area (Å²) in [5.74, 6) is -2.14. The fourth-order valence-electron chi connectivity index (χ4n) is 3.43. The van der Waals surface area contributed by atoms with Gasteiger partial charge in [-0.3, -0.25) is 9.59 Å². The maximum atomic E-state index is 13.1. The van der Waals surface area contributed by atoms with Crippen LogP contribution < -0.4 is 10.6 Å². The molecule has 0 fully saturated rings. The van der Waals surface area contributed by atoms with Crippen LogP contribution >= 0.6 is 0 Å². The predicted octanol–water partition coefficient (Wildman–Crippen LogP) is 5.01. The molecule has 0 radical (unpaired) electrons. The first-order valence-corrected chi connectivity index (χ1v) is 10.1. The second kappa shape index (κ2) is 9.71. The largest absolute Gasteiger partial charge is 0.478 e. The van der Waals surface area contributed by atoms with Gasteiger partial charge in [0.05, 0.1) is 22.4 Å². The molecule has 158 valence electrons. The molecule has 0 unspecified atom stereocenters. The van der Waals surface area contributed by atoms with Gasteiger partial charge < -0.3 is 15.7 Å². The zero-order chi connectivity index (χ0) is 22.4. The summed E-state index contributed by atoms with van der Waals surface area (Å²) in [4.78, 5) is 37.3. The average molecular weight is 416 g/mol. The van der Waals surface area contributed by atoms with Gasteiger partial charge in [0.1, 0.15) is 0 Å². The number of hydrogen-bond donors (Lipinski definition) is 3. The highest BCUT2D eigenvalue weighted by Gasteiger charge is 2.19. The number of aryl methyl sites for hydroxylation is 2. The minimum Gasteiger partial charge on any atom is -0.478 e. The standard InChI is InChI=1S/C25H24N2O4/c1-3-16-10-9-11-17(4-2)22(16)27-24(29)20-14-7-8-15-21(20)26-23(28)18-12-5-6-13-19(18)25(30)31/h5-15H,3-4H2,1-2H3,(H,26,28)(H,27,29)(H,30,31). The Balaban J connectivity index is 1.91. The van der Waals surface area contributed by atoms with E-state index in [0.717, 1.165) is 29.7 Å². The molecule has 0 aliphatic rings. The smallest absolute Gasteiger partial charge is 0.336 e. The molecule has 3 N–H and O–H groups in total. The Bertz CT molecular complexity index is 1120. The molecular formula is C25H24N2O4. The van der Waals surface area contributed by atoms with Gasteiger partial charge in [-0.05, 0) is 48.2 Å². The van der Waals surface area contributed by atoms with Gasteiger partial charge >= 0.3 is 5.97 Å². The first kappa shape index (κ1) is 21.8. The van der Waals surface area contributed by atoms with E-state index in [1.807, 2.05) is 32.0 Å². The molecule has 3 rings (SSSR count). The van der Waals surface area contributed by atoms with E-state index in [-0.39, 0.29) is 22.6 Å². The van der Waals surface area contributed by atoms with Crippen LogP contribution in [0.2, 0.25) is 0 Å². The summed E-state index contributed by atoms with van der Waals surface area (Å²) >= 11 is 0. The molecule has 0 atom stereocenters. The van der Waals surface area contributed by atoms with Crippen LogP contribution in [0.25, 0.3) is 0 Å². The summed E-state index contributed by atoms with van der Waals surface area (Å²) in [5.41, 5.74) is 3.36. The van der Waals surface area contributed by atoms with Crippen molar-refractivity contribution in [3.8, 4) is 0 Å². The van der Waals surface area contributed by atoms with Crippen molar-refractivity contribution in [1.29, 1.82) is 0 Å². The number of hydrogen-bond acceptors (Lipinski definition) is 3. The van der Waals surface area contributed by atoms with Gasteiger partial charge in [-0.2, -0.15) is 0 Å². The topological polar surface area (TPSA) is 95.5 Å². The van der Waals surface area contributed by atoms with Crippen molar-refractivity contribution >= 4 is 29.2 Å². The van der Waals surface area contributed by atoms with Crippen LogP contribution in [0, 0.1) is 0 Å². The number of nitrogens with one attached hydrogen (secondary N) is 2. The van der Waals surface area contributed by atoms with Crippen LogP contribution in [0.15, 0.2) is 66.7 Å². The quantitative estimate of drug-likeness (QED) is 0.504. The van der Waals surface area contributed by atoms with Gasteiger partial charge in [0.15, 0.2) is 0 Å². The molecular weight excluding hydrogens is 392 g/mol. The molecule has 0 aromatic heterocycles. The van der Waals surface area contributed by atoms with E-state index < -0.39 is 11.9 Å². The molecule has 0 bridgehead atoms. The van der Waals surface area contributed by atoms with E-state index >= 15 is 0 Å². The second-order valence-corrected chi connectivity index (χ2v) is 6.96. The molecule has 0 spiro atoms. The van der Waals surface area contributed by atoms with Crippen molar-refractivity contribution < 1.29 is 19.5 Å². The lowest BCUT2D eigenvalue weighted by atomic mass is 10.0. The highest BCUT2D eigenvalue weighted by Crippen LogP contribution is 2.25. The van der Waals surface area contributed by atoms with Crippen molar-refractivity contribution in [2.24, 2.45) is 0 Å². The molecule has 3 aromatic carbocycles. The Labute approximate surface area is 180 Å². The third kappa shape index (κ3) is 4.80. The Morgan fingerprint density at radius 1 is 0.677 bits per heavy atom. The lowest BCUT2D eigenvalue weighted by Gasteiger charge is -2.16. The van der Waals surface area contributed by atoms with E-state index in [1.165, 1.54) is 12.1 Å². The molecule has 3 aromatic rings. The number of anilines is 2. The number of carboxylic acids is 1. The predicted molar refractivity (Wildman–Crippen MR) is 121 cm³/mol. The maximum Gasteiger partial charge on any atom is 0.336 e. The zero-order valence-electron chi connectivity index (χ0n) is 17.4. The van der Waals surface area contributed by atoms with Gasteiger partial charge in [0.2, 0.25) is 0 Å². The third-order valence-corrected chi connectivity index (χ3v) is 5.06. The van der Waals surface area contributed by atoms with E-state index in [0.29, 0.717) is 5.69 Å². The monoisotopic (exact) mass is 416 g/mol. The van der Waals surface area contributed by atoms with Crippen molar-refractivity contribution in [2.75, 3.05) is 10.6 Å². The van der Waals surface area contributed by atoms with Crippen LogP contribution in [0.5, 0.6) is 0 Å². The average Bonchev–Trinajstić information content (AvgIpc) is 2.79. The Morgan fingerprint density at radius 3 is 1.77 bits per heavy atom. The summed E-state index contributed by atoms with van der Waals surface area (Å²) in [5, 5.41) is 15.0. The minimum atomic E-state index is -1.19. The van der Waals surface area contributed by atoms with E-state index in [9.17, 15) is 19.5 Å². The summed E-state index contributed by atoms with van der Waals surface area (Å²) in [6.07, 6.45) is 1.54. The number of carbonyl (C=O) groups excluding carboxylic acids is 2. The van der Waals surface area contributed by atoms with Gasteiger partial charge in [-0.25, -0.2) is 4.79 Å². The molecule has 6 heteroatoms. The van der Waals surface area contributed by atoms with Crippen LogP contribution in [-0.2, 0) is 12.8 Å². The van der Waals surface area contributed by atoms with E-state index in [2.05, 4.69) is 10.6 Å². The van der Waals surface area contributed by atoms with Gasteiger partial charge in [-0.15, -0.1) is 0 Å². The fraction of sp³-hybridized carbons (Fsp3) is 0.160. The number of benzene rings is 3. The number of para-hydroxylation sites is 2. The van der Waals surface area contributed by atoms with Gasteiger partial charge in [0, 0.05) is 5.69 Å². The first-order chi connectivity index (χ1) is 15.0. The van der Waals surface area contributed by atoms with Crippen molar-refractivity contribution in [2.45, 2.75) is 26.7 Å². The van der Waals surface area contributed by atoms with Crippen LogP contribution in [0.3, 0.4) is 0 Å². The summed E-state index contributed by atoms with van der Waals surface area (Å²) in [7, 11) is 0. The summed E-state index contributed by atoms with van der Waals surface area (Å²) < 4.78 is 0. The highest BCUT2D eigenvalue weighted by molar-refractivity contribution is 6.15. The number of aromatic carboxylic acids is 1. The normalized spacial score (nSPS) is 10.4. The first-order valence-electron chi connectivity index (χ1n) is 10.1. The minimum absolute atomic E-state index is 0.0230. The second-order valence-electron chi connectivity index (χ2n) is 6.96. The molecule has 31 heavy (non-hydrogen) atoms. The molecule has 0 saturated heterocycles. The number of amides is 2. The van der Waals surface area contributed by atoms with E-state index in [4.69, 9.17) is 0 Å². The summed E-state index contributed by atoms with van der Waals surface area (Å²) in [6.45, 7) is 4.05. The Hall–Kier alpha value is -3.93. The van der Waals surface area contributed by atoms with Gasteiger partial charge in [0.25, 0.3) is 11.8 Å². The SMILES string of the molecule is CCc1cccc(CC)c1NC(=O)c1ccccc1NC(=O)c1ccccc1C(=O)O. The Kier molecular flexibility index (Phi) is 6.82. The fourth-order valence-corrected chi connectivity index (χ4v) is 3.43. The molecule has 0 saturated carbocycles. The summed E-state index contributed by atoms with van der Waals surface area (Å²) in [6, 6.07) is 18.5. The van der Waals surface area contributed by atoms with E-state index in [1.54, 1.807) is 36.4 Å². The lowest BCUT2D eigenvalue weighted by Crippen LogP contribution is -2.20. The van der Waals surface area contributed by atoms with Crippen LogP contribution in [0.1, 0.15) is 56.0 Å². The lowest BCUT2D eigenvalue weighted by molar-refractivity contribution is 0.0692. The van der Waals surface area contributed by atoms with Crippen molar-refractivity contribution in [3.63, 3.8) is 0 Å². The van der Waals surface area contributed by atoms with Crippen molar-refractivity contribution in [1.82, 2.24) is 0 Å². The van der Waals surface area contributed by atoms with Gasteiger partial charge in [-0.1, -0.05) is 56.3 Å². The third-order valence-electron chi connectivity index (χ3n) is 5.06. The molecule has 0 heterocycles. The highest BCUT2D eigenvalue weighted by atomic mass is 16.4. The van der Waals surface area contributed by atoms with Crippen LogP contribution in [0.4, 0.5) is 11.4 Å². The number of carboxylic acid groups (broad SMARTS) is 1. The Morgan fingerprint density at radius 2 is 1.19 bits per heavy atom. The molecule has 0 aliphatic heterocycles. The molecule has 2 amide bonds.